The van der Waals surface area contributed by atoms with E-state index in [1.54, 1.807) is 12.1 Å². The Morgan fingerprint density at radius 1 is 1.00 bits per heavy atom. The molecule has 3 rings (SSSR count). The predicted octanol–water partition coefficient (Wildman–Crippen LogP) is 2.62. The zero-order valence-electron chi connectivity index (χ0n) is 16.3. The Kier molecular flexibility index (Phi) is 7.90. The first-order valence-electron chi connectivity index (χ1n) is 9.79. The number of nitrogens with zero attached hydrogens (tertiary/aromatic N) is 1. The van der Waals surface area contributed by atoms with Crippen molar-refractivity contribution in [1.82, 2.24) is 15.5 Å². The number of hydrogen-bond acceptors (Lipinski definition) is 4. The second-order valence-corrected chi connectivity index (χ2v) is 7.56. The molecule has 6 nitrogen and oxygen atoms in total. The summed E-state index contributed by atoms with van der Waals surface area (Å²) in [6.07, 6.45) is 1.79. The Hall–Kier alpha value is -2.57. The van der Waals surface area contributed by atoms with Crippen LogP contribution in [0.25, 0.3) is 0 Å². The van der Waals surface area contributed by atoms with E-state index in [1.807, 2.05) is 42.5 Å². The number of carbonyl (C=O) groups is 2. The highest BCUT2D eigenvalue weighted by Crippen LogP contribution is 2.16. The molecule has 0 aliphatic carbocycles. The van der Waals surface area contributed by atoms with Gasteiger partial charge in [-0.05, 0) is 42.7 Å². The van der Waals surface area contributed by atoms with Crippen molar-refractivity contribution in [2.24, 2.45) is 0 Å². The average Bonchev–Trinajstić information content (AvgIpc) is 2.74. The zero-order valence-corrected chi connectivity index (χ0v) is 17.0. The van der Waals surface area contributed by atoms with E-state index < -0.39 is 0 Å². The number of rotatable bonds is 8. The van der Waals surface area contributed by atoms with Crippen molar-refractivity contribution in [3.8, 4) is 5.75 Å². The average molecular weight is 416 g/mol. The Morgan fingerprint density at radius 2 is 1.69 bits per heavy atom. The first kappa shape index (κ1) is 21.1. The topological polar surface area (TPSA) is 70.7 Å². The quantitative estimate of drug-likeness (QED) is 0.695. The minimum atomic E-state index is -0.318. The number of nitrogens with one attached hydrogen (secondary N) is 2. The number of halogens is 1. The molecule has 2 aromatic rings. The number of ether oxygens (including phenoxy) is 1. The summed E-state index contributed by atoms with van der Waals surface area (Å²) < 4.78 is 5.36. The molecule has 0 spiro atoms. The molecule has 1 aliphatic rings. The second-order valence-electron chi connectivity index (χ2n) is 7.12. The van der Waals surface area contributed by atoms with Crippen LogP contribution >= 0.6 is 11.6 Å². The number of para-hydroxylation sites is 1. The SMILES string of the molecule is O=C(COc1ccccc1)NCC(=O)NC1CCN(Cc2ccc(Cl)cc2)CC1. The van der Waals surface area contributed by atoms with Gasteiger partial charge in [0.05, 0.1) is 6.54 Å². The van der Waals surface area contributed by atoms with Gasteiger partial charge in [-0.3, -0.25) is 14.5 Å². The van der Waals surface area contributed by atoms with E-state index in [-0.39, 0.29) is 31.0 Å². The molecule has 0 radical (unpaired) electrons. The van der Waals surface area contributed by atoms with Crippen molar-refractivity contribution >= 4 is 23.4 Å². The first-order valence-corrected chi connectivity index (χ1v) is 10.2. The van der Waals surface area contributed by atoms with Gasteiger partial charge in [0.1, 0.15) is 5.75 Å². The molecule has 0 bridgehead atoms. The van der Waals surface area contributed by atoms with Gasteiger partial charge in [-0.15, -0.1) is 0 Å². The van der Waals surface area contributed by atoms with Crippen molar-refractivity contribution in [3.05, 3.63) is 65.2 Å². The van der Waals surface area contributed by atoms with Gasteiger partial charge in [0.25, 0.3) is 5.91 Å². The molecule has 0 unspecified atom stereocenters. The number of likely N-dealkylation sites (tertiary alicyclic amines) is 1. The fourth-order valence-corrected chi connectivity index (χ4v) is 3.38. The van der Waals surface area contributed by atoms with Gasteiger partial charge in [0, 0.05) is 30.7 Å². The summed E-state index contributed by atoms with van der Waals surface area (Å²) in [6.45, 7) is 2.58. The van der Waals surface area contributed by atoms with Crippen LogP contribution in [0.5, 0.6) is 5.75 Å². The molecule has 1 aliphatic heterocycles. The smallest absolute Gasteiger partial charge is 0.258 e. The van der Waals surface area contributed by atoms with Gasteiger partial charge in [0.15, 0.2) is 6.61 Å². The van der Waals surface area contributed by atoms with Gasteiger partial charge < -0.3 is 15.4 Å². The molecule has 1 fully saturated rings. The summed E-state index contributed by atoms with van der Waals surface area (Å²) in [4.78, 5) is 26.3. The zero-order chi connectivity index (χ0) is 20.5. The van der Waals surface area contributed by atoms with Gasteiger partial charge in [-0.2, -0.15) is 0 Å². The largest absolute Gasteiger partial charge is 0.484 e. The molecule has 154 valence electrons. The van der Waals surface area contributed by atoms with Crippen molar-refractivity contribution in [2.75, 3.05) is 26.2 Å². The van der Waals surface area contributed by atoms with Crippen LogP contribution in [0.2, 0.25) is 5.02 Å². The molecule has 0 saturated carbocycles. The molecule has 7 heteroatoms. The summed E-state index contributed by atoms with van der Waals surface area (Å²) in [5, 5.41) is 6.34. The molecule has 1 saturated heterocycles. The van der Waals surface area contributed by atoms with Gasteiger partial charge in [0.2, 0.25) is 5.91 Å². The minimum absolute atomic E-state index is 0.0397. The molecule has 2 aromatic carbocycles. The van der Waals surface area contributed by atoms with Crippen LogP contribution in [0.1, 0.15) is 18.4 Å². The third kappa shape index (κ3) is 7.40. The monoisotopic (exact) mass is 415 g/mol. The summed E-state index contributed by atoms with van der Waals surface area (Å²) >= 11 is 5.93. The van der Waals surface area contributed by atoms with Crippen molar-refractivity contribution in [2.45, 2.75) is 25.4 Å². The number of amides is 2. The highest BCUT2D eigenvalue weighted by Gasteiger charge is 2.20. The number of piperidine rings is 1. The van der Waals surface area contributed by atoms with E-state index in [2.05, 4.69) is 15.5 Å². The molecule has 2 N–H and O–H groups in total. The van der Waals surface area contributed by atoms with Gasteiger partial charge >= 0.3 is 0 Å². The number of benzene rings is 2. The van der Waals surface area contributed by atoms with Gasteiger partial charge in [-0.1, -0.05) is 41.9 Å². The maximum Gasteiger partial charge on any atom is 0.258 e. The summed E-state index contributed by atoms with van der Waals surface area (Å²) in [5.41, 5.74) is 1.23. The van der Waals surface area contributed by atoms with Crippen molar-refractivity contribution in [3.63, 3.8) is 0 Å². The van der Waals surface area contributed by atoms with E-state index in [4.69, 9.17) is 16.3 Å². The fraction of sp³-hybridized carbons (Fsp3) is 0.364. The lowest BCUT2D eigenvalue weighted by molar-refractivity contribution is -0.127. The summed E-state index contributed by atoms with van der Waals surface area (Å²) in [6, 6.07) is 17.1. The Morgan fingerprint density at radius 3 is 2.38 bits per heavy atom. The van der Waals surface area contributed by atoms with E-state index in [1.165, 1.54) is 5.56 Å². The minimum Gasteiger partial charge on any atom is -0.484 e. The van der Waals surface area contributed by atoms with Crippen molar-refractivity contribution < 1.29 is 14.3 Å². The molecule has 1 heterocycles. The van der Waals surface area contributed by atoms with Crippen LogP contribution in [0, 0.1) is 0 Å². The highest BCUT2D eigenvalue weighted by molar-refractivity contribution is 6.30. The third-order valence-electron chi connectivity index (χ3n) is 4.83. The standard InChI is InChI=1S/C22H26ClN3O3/c23-18-8-6-17(7-9-18)15-26-12-10-19(11-13-26)25-21(27)14-24-22(28)16-29-20-4-2-1-3-5-20/h1-9,19H,10-16H2,(H,24,28)(H,25,27). The first-order chi connectivity index (χ1) is 14.1. The molecule has 0 atom stereocenters. The number of hydrogen-bond donors (Lipinski definition) is 2. The molecule has 2 amide bonds. The second kappa shape index (κ2) is 10.8. The van der Waals surface area contributed by atoms with Crippen LogP contribution in [-0.4, -0.2) is 49.0 Å². The van der Waals surface area contributed by atoms with Crippen LogP contribution in [0.4, 0.5) is 0 Å². The summed E-state index contributed by atoms with van der Waals surface area (Å²) in [5.74, 6) is 0.133. The molecular weight excluding hydrogens is 390 g/mol. The molecule has 29 heavy (non-hydrogen) atoms. The Labute approximate surface area is 176 Å². The highest BCUT2D eigenvalue weighted by atomic mass is 35.5. The van der Waals surface area contributed by atoms with Crippen LogP contribution in [0.15, 0.2) is 54.6 Å². The fourth-order valence-electron chi connectivity index (χ4n) is 3.26. The summed E-state index contributed by atoms with van der Waals surface area (Å²) in [7, 11) is 0. The lowest BCUT2D eigenvalue weighted by Crippen LogP contribution is -2.47. The third-order valence-corrected chi connectivity index (χ3v) is 5.08. The molecular formula is C22H26ClN3O3. The van der Waals surface area contributed by atoms with E-state index in [0.717, 1.165) is 37.5 Å². The van der Waals surface area contributed by atoms with Crippen molar-refractivity contribution in [1.29, 1.82) is 0 Å². The van der Waals surface area contributed by atoms with Gasteiger partial charge in [-0.25, -0.2) is 0 Å². The number of carbonyl (C=O) groups excluding carboxylic acids is 2. The van der Waals surface area contributed by atoms with Crippen LogP contribution in [0.3, 0.4) is 0 Å². The predicted molar refractivity (Wildman–Crippen MR) is 113 cm³/mol. The lowest BCUT2D eigenvalue weighted by atomic mass is 10.0. The Balaban J connectivity index is 1.30. The van der Waals surface area contributed by atoms with E-state index in [0.29, 0.717) is 5.75 Å². The molecule has 0 aromatic heterocycles. The van der Waals surface area contributed by atoms with E-state index >= 15 is 0 Å². The van der Waals surface area contributed by atoms with Crippen LogP contribution in [-0.2, 0) is 16.1 Å². The lowest BCUT2D eigenvalue weighted by Gasteiger charge is -2.32. The van der Waals surface area contributed by atoms with E-state index in [9.17, 15) is 9.59 Å². The Bertz CT molecular complexity index is 791. The normalized spacial score (nSPS) is 14.9. The van der Waals surface area contributed by atoms with Crippen LogP contribution < -0.4 is 15.4 Å². The maximum atomic E-state index is 12.1. The maximum absolute atomic E-state index is 12.1.